The summed E-state index contributed by atoms with van der Waals surface area (Å²) in [6.45, 7) is 2.19. The van der Waals surface area contributed by atoms with E-state index in [1.807, 2.05) is 31.2 Å². The zero-order valence-electron chi connectivity index (χ0n) is 14.2. The van der Waals surface area contributed by atoms with Crippen LogP contribution in [0.5, 0.6) is 0 Å². The van der Waals surface area contributed by atoms with Crippen LogP contribution in [0, 0.1) is 6.92 Å². The molecular formula is C17H22N2O4S2. The third-order valence-corrected chi connectivity index (χ3v) is 6.34. The Morgan fingerprint density at radius 3 is 2.24 bits per heavy atom. The first-order valence-electron chi connectivity index (χ1n) is 7.74. The van der Waals surface area contributed by atoms with Gasteiger partial charge in [-0.05, 0) is 24.6 Å². The van der Waals surface area contributed by atoms with Crippen molar-refractivity contribution in [3.8, 4) is 0 Å². The van der Waals surface area contributed by atoms with Crippen molar-refractivity contribution in [1.29, 1.82) is 0 Å². The maximum absolute atomic E-state index is 12.2. The molecule has 0 aromatic heterocycles. The molecule has 0 aliphatic carbocycles. The topological polar surface area (TPSA) is 83.6 Å². The SMILES string of the molecule is Cc1cccc(CN(CCNS(=O)(=O)c2ccccc2)S(C)(=O)=O)c1. The summed E-state index contributed by atoms with van der Waals surface area (Å²) in [7, 11) is -7.11. The maximum Gasteiger partial charge on any atom is 0.240 e. The molecule has 0 atom stereocenters. The number of sulfonamides is 2. The molecule has 0 saturated heterocycles. The number of hydrogen-bond acceptors (Lipinski definition) is 4. The molecular weight excluding hydrogens is 360 g/mol. The van der Waals surface area contributed by atoms with Crippen LogP contribution in [-0.2, 0) is 26.6 Å². The molecule has 2 aromatic rings. The van der Waals surface area contributed by atoms with Gasteiger partial charge in [-0.3, -0.25) is 0 Å². The predicted octanol–water partition coefficient (Wildman–Crippen LogP) is 1.74. The highest BCUT2D eigenvalue weighted by Gasteiger charge is 2.19. The first kappa shape index (κ1) is 19.6. The minimum atomic E-state index is -3.65. The molecule has 0 aliphatic heterocycles. The van der Waals surface area contributed by atoms with Crippen LogP contribution in [0.1, 0.15) is 11.1 Å². The summed E-state index contributed by atoms with van der Waals surface area (Å²) in [5.41, 5.74) is 1.90. The highest BCUT2D eigenvalue weighted by molar-refractivity contribution is 7.89. The van der Waals surface area contributed by atoms with Crippen LogP contribution in [0.4, 0.5) is 0 Å². The van der Waals surface area contributed by atoms with E-state index >= 15 is 0 Å². The lowest BCUT2D eigenvalue weighted by molar-refractivity contribution is 0.412. The fraction of sp³-hybridized carbons (Fsp3) is 0.294. The van der Waals surface area contributed by atoms with Crippen LogP contribution in [-0.4, -0.2) is 40.5 Å². The van der Waals surface area contributed by atoms with E-state index in [4.69, 9.17) is 0 Å². The molecule has 2 rings (SSSR count). The van der Waals surface area contributed by atoms with Crippen molar-refractivity contribution in [1.82, 2.24) is 9.03 Å². The normalized spacial score (nSPS) is 12.4. The van der Waals surface area contributed by atoms with Gasteiger partial charge in [-0.25, -0.2) is 21.6 Å². The number of rotatable bonds is 8. The molecule has 0 radical (unpaired) electrons. The second kappa shape index (κ2) is 8.09. The summed E-state index contributed by atoms with van der Waals surface area (Å²) in [5, 5.41) is 0. The van der Waals surface area contributed by atoms with Gasteiger partial charge in [0, 0.05) is 19.6 Å². The second-order valence-electron chi connectivity index (χ2n) is 5.80. The maximum atomic E-state index is 12.2. The van der Waals surface area contributed by atoms with Crippen LogP contribution in [0.2, 0.25) is 0 Å². The lowest BCUT2D eigenvalue weighted by atomic mass is 10.1. The standard InChI is InChI=1S/C17H22N2O4S2/c1-15-7-6-8-16(13-15)14-19(24(2,20)21)12-11-18-25(22,23)17-9-4-3-5-10-17/h3-10,13,18H,11-12,14H2,1-2H3. The fourth-order valence-corrected chi connectivity index (χ4v) is 4.21. The van der Waals surface area contributed by atoms with Gasteiger partial charge in [0.1, 0.15) is 0 Å². The van der Waals surface area contributed by atoms with Crippen LogP contribution in [0.15, 0.2) is 59.5 Å². The molecule has 6 nitrogen and oxygen atoms in total. The number of aryl methyl sites for hydroxylation is 1. The molecule has 0 spiro atoms. The fourth-order valence-electron chi connectivity index (χ4n) is 2.36. The predicted molar refractivity (Wildman–Crippen MR) is 98.1 cm³/mol. The molecule has 0 aliphatic rings. The van der Waals surface area contributed by atoms with E-state index in [1.165, 1.54) is 16.4 Å². The van der Waals surface area contributed by atoms with Crippen molar-refractivity contribution < 1.29 is 16.8 Å². The molecule has 0 amide bonds. The Bertz CT molecular complexity index is 911. The highest BCUT2D eigenvalue weighted by Crippen LogP contribution is 2.11. The number of benzene rings is 2. The Kier molecular flexibility index (Phi) is 6.34. The Morgan fingerprint density at radius 2 is 1.64 bits per heavy atom. The first-order valence-corrected chi connectivity index (χ1v) is 11.1. The van der Waals surface area contributed by atoms with Gasteiger partial charge in [0.05, 0.1) is 11.2 Å². The Morgan fingerprint density at radius 1 is 0.960 bits per heavy atom. The Hall–Kier alpha value is -1.74. The summed E-state index contributed by atoms with van der Waals surface area (Å²) >= 11 is 0. The third kappa shape index (κ3) is 5.93. The molecule has 8 heteroatoms. The van der Waals surface area contributed by atoms with Crippen LogP contribution < -0.4 is 4.72 Å². The van der Waals surface area contributed by atoms with E-state index in [1.54, 1.807) is 18.2 Å². The van der Waals surface area contributed by atoms with Crippen LogP contribution in [0.25, 0.3) is 0 Å². The number of hydrogen-bond donors (Lipinski definition) is 1. The van der Waals surface area contributed by atoms with Crippen LogP contribution in [0.3, 0.4) is 0 Å². The number of nitrogens with one attached hydrogen (secondary N) is 1. The van der Waals surface area contributed by atoms with Crippen molar-refractivity contribution in [2.75, 3.05) is 19.3 Å². The van der Waals surface area contributed by atoms with E-state index in [9.17, 15) is 16.8 Å². The highest BCUT2D eigenvalue weighted by atomic mass is 32.2. The molecule has 0 heterocycles. The smallest absolute Gasteiger partial charge is 0.212 e. The summed E-state index contributed by atoms with van der Waals surface area (Å²) in [4.78, 5) is 0.152. The van der Waals surface area contributed by atoms with E-state index < -0.39 is 20.0 Å². The molecule has 0 fully saturated rings. The molecule has 1 N–H and O–H groups in total. The third-order valence-electron chi connectivity index (χ3n) is 3.62. The van der Waals surface area contributed by atoms with Gasteiger partial charge >= 0.3 is 0 Å². The Balaban J connectivity index is 2.04. The molecule has 0 unspecified atom stereocenters. The minimum absolute atomic E-state index is 0.00386. The summed E-state index contributed by atoms with van der Waals surface area (Å²) in [6, 6.07) is 15.5. The van der Waals surface area contributed by atoms with Crippen molar-refractivity contribution in [3.63, 3.8) is 0 Å². The summed E-state index contributed by atoms with van der Waals surface area (Å²) < 4.78 is 52.1. The average Bonchev–Trinajstić information content (AvgIpc) is 2.54. The first-order chi connectivity index (χ1) is 11.7. The molecule has 0 bridgehead atoms. The zero-order chi connectivity index (χ0) is 18.5. The molecule has 25 heavy (non-hydrogen) atoms. The largest absolute Gasteiger partial charge is 0.240 e. The zero-order valence-corrected chi connectivity index (χ0v) is 15.8. The monoisotopic (exact) mass is 382 g/mol. The van der Waals surface area contributed by atoms with Gasteiger partial charge in [-0.15, -0.1) is 0 Å². The van der Waals surface area contributed by atoms with E-state index in [0.717, 1.165) is 17.4 Å². The lowest BCUT2D eigenvalue weighted by Crippen LogP contribution is -2.37. The van der Waals surface area contributed by atoms with Crippen molar-refractivity contribution in [2.24, 2.45) is 0 Å². The molecule has 2 aromatic carbocycles. The molecule has 136 valence electrons. The Labute approximate surface area is 149 Å². The van der Waals surface area contributed by atoms with Crippen LogP contribution >= 0.6 is 0 Å². The van der Waals surface area contributed by atoms with Gasteiger partial charge in [0.25, 0.3) is 0 Å². The van der Waals surface area contributed by atoms with Crippen molar-refractivity contribution in [3.05, 3.63) is 65.7 Å². The van der Waals surface area contributed by atoms with E-state index in [0.29, 0.717) is 0 Å². The quantitative estimate of drug-likeness (QED) is 0.754. The van der Waals surface area contributed by atoms with Gasteiger partial charge in [-0.1, -0.05) is 48.0 Å². The number of nitrogens with zero attached hydrogens (tertiary/aromatic N) is 1. The van der Waals surface area contributed by atoms with Crippen molar-refractivity contribution in [2.45, 2.75) is 18.4 Å². The van der Waals surface area contributed by atoms with Gasteiger partial charge in [0.15, 0.2) is 0 Å². The van der Waals surface area contributed by atoms with E-state index in [-0.39, 0.29) is 24.5 Å². The van der Waals surface area contributed by atoms with Gasteiger partial charge in [0.2, 0.25) is 20.0 Å². The lowest BCUT2D eigenvalue weighted by Gasteiger charge is -2.20. The van der Waals surface area contributed by atoms with E-state index in [2.05, 4.69) is 4.72 Å². The minimum Gasteiger partial charge on any atom is -0.212 e. The van der Waals surface area contributed by atoms with Crippen molar-refractivity contribution >= 4 is 20.0 Å². The van der Waals surface area contributed by atoms with Gasteiger partial charge in [-0.2, -0.15) is 4.31 Å². The molecule has 0 saturated carbocycles. The average molecular weight is 383 g/mol. The summed E-state index contributed by atoms with van der Waals surface area (Å²) in [5.74, 6) is 0. The summed E-state index contributed by atoms with van der Waals surface area (Å²) in [6.07, 6.45) is 1.12. The van der Waals surface area contributed by atoms with Gasteiger partial charge < -0.3 is 0 Å². The second-order valence-corrected chi connectivity index (χ2v) is 9.55.